The molecule has 2 aliphatic heterocycles. The summed E-state index contributed by atoms with van der Waals surface area (Å²) in [5.74, 6) is 0.921. The van der Waals surface area contributed by atoms with Gasteiger partial charge in [0, 0.05) is 19.6 Å². The molecule has 4 heterocycles. The Morgan fingerprint density at radius 2 is 2.14 bits per heavy atom. The Bertz CT molecular complexity index is 807. The number of amides is 1. The minimum absolute atomic E-state index is 0.0379. The molecule has 4 rings (SSSR count). The van der Waals surface area contributed by atoms with Crippen LogP contribution in [0.3, 0.4) is 0 Å². The zero-order valence-corrected chi connectivity index (χ0v) is 17.0. The van der Waals surface area contributed by atoms with E-state index in [9.17, 15) is 4.79 Å². The molecule has 1 atom stereocenters. The van der Waals surface area contributed by atoms with Gasteiger partial charge in [-0.3, -0.25) is 9.69 Å². The average molecular weight is 403 g/mol. The first-order valence-electron chi connectivity index (χ1n) is 9.89. The van der Waals surface area contributed by atoms with Crippen molar-refractivity contribution in [2.75, 3.05) is 44.7 Å². The van der Waals surface area contributed by atoms with Crippen LogP contribution in [0.15, 0.2) is 18.2 Å². The Morgan fingerprint density at radius 3 is 2.93 bits per heavy atom. The summed E-state index contributed by atoms with van der Waals surface area (Å²) in [6, 6.07) is 5.95. The van der Waals surface area contributed by atoms with Gasteiger partial charge in [-0.2, -0.15) is 0 Å². The molecule has 8 nitrogen and oxygen atoms in total. The van der Waals surface area contributed by atoms with Crippen LogP contribution in [0.2, 0.25) is 0 Å². The van der Waals surface area contributed by atoms with Gasteiger partial charge in [-0.15, -0.1) is 10.2 Å². The Hall–Kier alpha value is -2.10. The first kappa shape index (κ1) is 19.2. The molecule has 0 radical (unpaired) electrons. The molecule has 0 aliphatic carbocycles. The van der Waals surface area contributed by atoms with E-state index in [2.05, 4.69) is 27.3 Å². The maximum Gasteiger partial charge on any atom is 0.237 e. The number of carbonyl (C=O) groups excluding carboxylic acids is 1. The van der Waals surface area contributed by atoms with Gasteiger partial charge in [-0.05, 0) is 31.4 Å². The van der Waals surface area contributed by atoms with E-state index in [-0.39, 0.29) is 11.9 Å². The van der Waals surface area contributed by atoms with Gasteiger partial charge in [-0.1, -0.05) is 24.3 Å². The van der Waals surface area contributed by atoms with Crippen molar-refractivity contribution < 1.29 is 9.53 Å². The molecule has 0 unspecified atom stereocenters. The van der Waals surface area contributed by atoms with Crippen molar-refractivity contribution in [2.45, 2.75) is 32.2 Å². The summed E-state index contributed by atoms with van der Waals surface area (Å²) in [6.07, 6.45) is 2.83. The molecule has 2 saturated heterocycles. The van der Waals surface area contributed by atoms with Gasteiger partial charge in [0.25, 0.3) is 0 Å². The number of aromatic nitrogens is 3. The standard InChI is InChI=1S/C19H26N6O2S/c1-2-17-22-23-19(28-17)21-16-7-3-5-14(20-16)15-6-4-8-25(15)18(26)13-24-9-11-27-12-10-24/h3,5,7,15H,2,4,6,8-13H2,1H3,(H,20,21,23)/t15-/m0/s1. The number of hydrogen-bond donors (Lipinski definition) is 1. The van der Waals surface area contributed by atoms with Crippen LogP contribution in [0.25, 0.3) is 0 Å². The summed E-state index contributed by atoms with van der Waals surface area (Å²) >= 11 is 1.54. The second-order valence-corrected chi connectivity index (χ2v) is 8.12. The lowest BCUT2D eigenvalue weighted by Gasteiger charge is -2.30. The molecule has 9 heteroatoms. The lowest BCUT2D eigenvalue weighted by Crippen LogP contribution is -2.44. The monoisotopic (exact) mass is 402 g/mol. The SMILES string of the molecule is CCc1nnc(Nc2cccc([C@@H]3CCCN3C(=O)CN3CCOCC3)n2)s1. The normalized spacial score (nSPS) is 20.5. The number of ether oxygens (including phenoxy) is 1. The number of morpholine rings is 1. The first-order valence-corrected chi connectivity index (χ1v) is 10.7. The van der Waals surface area contributed by atoms with Crippen molar-refractivity contribution in [3.63, 3.8) is 0 Å². The summed E-state index contributed by atoms with van der Waals surface area (Å²) in [5.41, 5.74) is 0.929. The van der Waals surface area contributed by atoms with E-state index in [1.807, 2.05) is 23.1 Å². The summed E-state index contributed by atoms with van der Waals surface area (Å²) in [5, 5.41) is 13.3. The van der Waals surface area contributed by atoms with E-state index in [0.29, 0.717) is 19.8 Å². The van der Waals surface area contributed by atoms with E-state index in [0.717, 1.165) is 60.5 Å². The van der Waals surface area contributed by atoms with E-state index >= 15 is 0 Å². The largest absolute Gasteiger partial charge is 0.379 e. The molecule has 150 valence electrons. The van der Waals surface area contributed by atoms with E-state index < -0.39 is 0 Å². The van der Waals surface area contributed by atoms with Crippen LogP contribution in [0.5, 0.6) is 0 Å². The molecule has 0 saturated carbocycles. The second-order valence-electron chi connectivity index (χ2n) is 7.06. The van der Waals surface area contributed by atoms with Crippen molar-refractivity contribution in [3.05, 3.63) is 28.9 Å². The number of likely N-dealkylation sites (tertiary alicyclic amines) is 1. The van der Waals surface area contributed by atoms with Gasteiger partial charge in [0.15, 0.2) is 0 Å². The van der Waals surface area contributed by atoms with Crippen LogP contribution < -0.4 is 5.32 Å². The van der Waals surface area contributed by atoms with Crippen molar-refractivity contribution in [2.24, 2.45) is 0 Å². The maximum absolute atomic E-state index is 12.9. The molecule has 2 fully saturated rings. The van der Waals surface area contributed by atoms with E-state index in [1.165, 1.54) is 11.3 Å². The third kappa shape index (κ3) is 4.48. The smallest absolute Gasteiger partial charge is 0.237 e. The van der Waals surface area contributed by atoms with Crippen molar-refractivity contribution in [1.29, 1.82) is 0 Å². The van der Waals surface area contributed by atoms with Gasteiger partial charge >= 0.3 is 0 Å². The van der Waals surface area contributed by atoms with Crippen molar-refractivity contribution in [3.8, 4) is 0 Å². The highest BCUT2D eigenvalue weighted by atomic mass is 32.1. The van der Waals surface area contributed by atoms with Crippen LogP contribution >= 0.6 is 11.3 Å². The minimum atomic E-state index is 0.0379. The Balaban J connectivity index is 1.44. The highest BCUT2D eigenvalue weighted by Crippen LogP contribution is 2.32. The minimum Gasteiger partial charge on any atom is -0.379 e. The molecule has 1 N–H and O–H groups in total. The van der Waals surface area contributed by atoms with Crippen LogP contribution in [0.4, 0.5) is 10.9 Å². The fourth-order valence-corrected chi connectivity index (χ4v) is 4.36. The zero-order valence-electron chi connectivity index (χ0n) is 16.1. The average Bonchev–Trinajstić information content (AvgIpc) is 3.38. The van der Waals surface area contributed by atoms with Gasteiger partial charge in [-0.25, -0.2) is 4.98 Å². The van der Waals surface area contributed by atoms with Crippen LogP contribution in [-0.4, -0.2) is 70.3 Å². The Kier molecular flexibility index (Phi) is 6.13. The molecule has 2 aliphatic rings. The highest BCUT2D eigenvalue weighted by molar-refractivity contribution is 7.15. The number of rotatable bonds is 6. The van der Waals surface area contributed by atoms with Crippen LogP contribution in [0.1, 0.15) is 36.5 Å². The second kappa shape index (κ2) is 8.93. The highest BCUT2D eigenvalue weighted by Gasteiger charge is 2.32. The predicted octanol–water partition coefficient (Wildman–Crippen LogP) is 2.23. The molecule has 1 amide bonds. The predicted molar refractivity (Wildman–Crippen MR) is 108 cm³/mol. The lowest BCUT2D eigenvalue weighted by molar-refractivity contribution is -0.134. The number of nitrogens with one attached hydrogen (secondary N) is 1. The quantitative estimate of drug-likeness (QED) is 0.793. The molecule has 2 aromatic heterocycles. The Labute approximate surface area is 168 Å². The van der Waals surface area contributed by atoms with Gasteiger partial charge in [0.2, 0.25) is 11.0 Å². The number of anilines is 2. The summed E-state index contributed by atoms with van der Waals surface area (Å²) in [6.45, 7) is 6.37. The van der Waals surface area contributed by atoms with E-state index in [4.69, 9.17) is 9.72 Å². The molecule has 2 aromatic rings. The van der Waals surface area contributed by atoms with Crippen molar-refractivity contribution >= 4 is 28.2 Å². The molecular weight excluding hydrogens is 376 g/mol. The van der Waals surface area contributed by atoms with Gasteiger partial charge < -0.3 is 15.0 Å². The molecule has 28 heavy (non-hydrogen) atoms. The number of aryl methyl sites for hydroxylation is 1. The number of pyridine rings is 1. The van der Waals surface area contributed by atoms with Gasteiger partial charge in [0.1, 0.15) is 10.8 Å². The topological polar surface area (TPSA) is 83.5 Å². The van der Waals surface area contributed by atoms with Gasteiger partial charge in [0.05, 0.1) is 31.5 Å². The maximum atomic E-state index is 12.9. The summed E-state index contributed by atoms with van der Waals surface area (Å²) < 4.78 is 5.38. The number of nitrogens with zero attached hydrogens (tertiary/aromatic N) is 5. The molecule has 0 bridgehead atoms. The Morgan fingerprint density at radius 1 is 1.29 bits per heavy atom. The van der Waals surface area contributed by atoms with Crippen LogP contribution in [0, 0.1) is 0 Å². The zero-order chi connectivity index (χ0) is 19.3. The van der Waals surface area contributed by atoms with Crippen LogP contribution in [-0.2, 0) is 16.0 Å². The summed E-state index contributed by atoms with van der Waals surface area (Å²) in [7, 11) is 0. The third-order valence-corrected chi connectivity index (χ3v) is 6.14. The molecule has 0 aromatic carbocycles. The molecular formula is C19H26N6O2S. The fraction of sp³-hybridized carbons (Fsp3) is 0.579. The fourth-order valence-electron chi connectivity index (χ4n) is 3.68. The number of carbonyl (C=O) groups is 1. The third-order valence-electron chi connectivity index (χ3n) is 5.15. The number of hydrogen-bond acceptors (Lipinski definition) is 8. The lowest BCUT2D eigenvalue weighted by atomic mass is 10.1. The van der Waals surface area contributed by atoms with E-state index in [1.54, 1.807) is 0 Å². The summed E-state index contributed by atoms with van der Waals surface area (Å²) in [4.78, 5) is 21.8. The first-order chi connectivity index (χ1) is 13.7. The van der Waals surface area contributed by atoms with Crippen molar-refractivity contribution in [1.82, 2.24) is 25.0 Å². The molecule has 0 spiro atoms.